The van der Waals surface area contributed by atoms with E-state index in [0.29, 0.717) is 6.04 Å². The van der Waals surface area contributed by atoms with Crippen molar-refractivity contribution in [1.82, 2.24) is 15.3 Å². The average molecular weight is 291 g/mol. The molecule has 0 saturated heterocycles. The lowest BCUT2D eigenvalue weighted by atomic mass is 10.00. The predicted molar refractivity (Wildman–Crippen MR) is 85.2 cm³/mol. The first-order valence-corrected chi connectivity index (χ1v) is 8.34. The van der Waals surface area contributed by atoms with Gasteiger partial charge in [0.2, 0.25) is 0 Å². The molecule has 4 heteroatoms. The molecule has 1 atom stereocenters. The van der Waals surface area contributed by atoms with Crippen LogP contribution in [0.3, 0.4) is 0 Å². The van der Waals surface area contributed by atoms with Gasteiger partial charge in [0.15, 0.2) is 5.82 Å². The van der Waals surface area contributed by atoms with Gasteiger partial charge in [-0.2, -0.15) is 0 Å². The van der Waals surface area contributed by atoms with Gasteiger partial charge in [-0.3, -0.25) is 0 Å². The highest BCUT2D eigenvalue weighted by molar-refractivity contribution is 5.22. The minimum atomic E-state index is -0.238. The molecule has 1 heterocycles. The summed E-state index contributed by atoms with van der Waals surface area (Å²) in [6.07, 6.45) is 7.63. The summed E-state index contributed by atoms with van der Waals surface area (Å²) in [5.41, 5.74) is 2.02. The van der Waals surface area contributed by atoms with Gasteiger partial charge in [-0.1, -0.05) is 6.92 Å². The Kier molecular flexibility index (Phi) is 5.71. The number of aromatic nitrogens is 2. The first-order valence-electron chi connectivity index (χ1n) is 8.34. The first kappa shape index (κ1) is 16.4. The van der Waals surface area contributed by atoms with Crippen molar-refractivity contribution >= 4 is 0 Å². The second-order valence-corrected chi connectivity index (χ2v) is 6.04. The van der Waals surface area contributed by atoms with E-state index in [1.54, 1.807) is 0 Å². The van der Waals surface area contributed by atoms with Crippen LogP contribution in [0, 0.1) is 6.92 Å². The minimum Gasteiger partial charge on any atom is -0.367 e. The van der Waals surface area contributed by atoms with E-state index in [0.717, 1.165) is 43.9 Å². The van der Waals surface area contributed by atoms with Gasteiger partial charge >= 0.3 is 0 Å². The number of nitrogens with zero attached hydrogens (tertiary/aromatic N) is 2. The Bertz CT molecular complexity index is 455. The lowest BCUT2D eigenvalue weighted by Crippen LogP contribution is -2.30. The zero-order valence-corrected chi connectivity index (χ0v) is 13.9. The van der Waals surface area contributed by atoms with Crippen molar-refractivity contribution in [3.63, 3.8) is 0 Å². The average Bonchev–Trinajstić information content (AvgIpc) is 2.95. The molecular weight excluding hydrogens is 262 g/mol. The molecule has 1 aromatic heterocycles. The van der Waals surface area contributed by atoms with Crippen LogP contribution in [-0.2, 0) is 10.3 Å². The summed E-state index contributed by atoms with van der Waals surface area (Å²) in [6, 6.07) is 0.297. The highest BCUT2D eigenvalue weighted by Gasteiger charge is 2.39. The Morgan fingerprint density at radius 3 is 2.62 bits per heavy atom. The van der Waals surface area contributed by atoms with Crippen LogP contribution in [0.4, 0.5) is 0 Å². The van der Waals surface area contributed by atoms with Crippen LogP contribution in [0.2, 0.25) is 0 Å². The fourth-order valence-electron chi connectivity index (χ4n) is 3.25. The number of hydrogen-bond donors (Lipinski definition) is 1. The minimum absolute atomic E-state index is 0.238. The Morgan fingerprint density at radius 2 is 2.05 bits per heavy atom. The third kappa shape index (κ3) is 3.61. The summed E-state index contributed by atoms with van der Waals surface area (Å²) >= 11 is 0. The Labute approximate surface area is 128 Å². The topological polar surface area (TPSA) is 47.0 Å². The molecule has 21 heavy (non-hydrogen) atoms. The zero-order valence-electron chi connectivity index (χ0n) is 13.9. The molecule has 1 aliphatic rings. The van der Waals surface area contributed by atoms with Gasteiger partial charge in [0.05, 0.1) is 0 Å². The van der Waals surface area contributed by atoms with Crippen LogP contribution >= 0.6 is 0 Å². The molecule has 4 nitrogen and oxygen atoms in total. The summed E-state index contributed by atoms with van der Waals surface area (Å²) < 4.78 is 6.06. The van der Waals surface area contributed by atoms with E-state index >= 15 is 0 Å². The fraction of sp³-hybridized carbons (Fsp3) is 0.765. The third-order valence-corrected chi connectivity index (χ3v) is 4.42. The maximum atomic E-state index is 6.06. The summed E-state index contributed by atoms with van der Waals surface area (Å²) in [4.78, 5) is 9.46. The van der Waals surface area contributed by atoms with Crippen molar-refractivity contribution in [2.45, 2.75) is 71.4 Å². The molecule has 0 amide bonds. The molecule has 0 aromatic carbocycles. The van der Waals surface area contributed by atoms with E-state index in [1.807, 2.05) is 6.20 Å². The van der Waals surface area contributed by atoms with Crippen molar-refractivity contribution in [2.75, 3.05) is 13.2 Å². The number of rotatable bonds is 7. The van der Waals surface area contributed by atoms with Crippen molar-refractivity contribution in [2.24, 2.45) is 0 Å². The number of nitrogens with one attached hydrogen (secondary N) is 1. The highest BCUT2D eigenvalue weighted by Crippen LogP contribution is 2.40. The number of hydrogen-bond acceptors (Lipinski definition) is 4. The molecule has 118 valence electrons. The molecule has 1 aromatic rings. The van der Waals surface area contributed by atoms with Crippen LogP contribution < -0.4 is 5.32 Å². The van der Waals surface area contributed by atoms with Crippen LogP contribution in [0.5, 0.6) is 0 Å². The predicted octanol–water partition coefficient (Wildman–Crippen LogP) is 3.65. The van der Waals surface area contributed by atoms with Gasteiger partial charge in [0.25, 0.3) is 0 Å². The molecule has 0 radical (unpaired) electrons. The second kappa shape index (κ2) is 7.32. The summed E-state index contributed by atoms with van der Waals surface area (Å²) in [5.74, 6) is 0.880. The van der Waals surface area contributed by atoms with Crippen molar-refractivity contribution in [3.8, 4) is 0 Å². The van der Waals surface area contributed by atoms with Crippen LogP contribution in [-0.4, -0.2) is 23.1 Å². The lowest BCUT2D eigenvalue weighted by Gasteiger charge is -2.28. The second-order valence-electron chi connectivity index (χ2n) is 6.04. The van der Waals surface area contributed by atoms with Crippen LogP contribution in [0.25, 0.3) is 0 Å². The Hall–Kier alpha value is -1.00. The monoisotopic (exact) mass is 291 g/mol. The van der Waals surface area contributed by atoms with Gasteiger partial charge in [-0.15, -0.1) is 0 Å². The molecule has 0 bridgehead atoms. The molecule has 0 aliphatic heterocycles. The fourth-order valence-corrected chi connectivity index (χ4v) is 3.25. The van der Waals surface area contributed by atoms with Gasteiger partial charge in [-0.05, 0) is 59.4 Å². The molecule has 1 saturated carbocycles. The smallest absolute Gasteiger partial charge is 0.160 e. The van der Waals surface area contributed by atoms with Crippen LogP contribution in [0.15, 0.2) is 6.20 Å². The van der Waals surface area contributed by atoms with E-state index in [9.17, 15) is 0 Å². The maximum absolute atomic E-state index is 6.06. The quantitative estimate of drug-likeness (QED) is 0.833. The molecule has 1 aliphatic carbocycles. The molecular formula is C17H29N3O. The summed E-state index contributed by atoms with van der Waals surface area (Å²) in [7, 11) is 0. The van der Waals surface area contributed by atoms with E-state index in [2.05, 4.69) is 38.0 Å². The molecule has 2 rings (SSSR count). The maximum Gasteiger partial charge on any atom is 0.160 e. The van der Waals surface area contributed by atoms with Crippen molar-refractivity contribution in [3.05, 3.63) is 23.3 Å². The van der Waals surface area contributed by atoms with Crippen molar-refractivity contribution < 1.29 is 4.74 Å². The zero-order chi connectivity index (χ0) is 15.3. The molecule has 0 spiro atoms. The summed E-state index contributed by atoms with van der Waals surface area (Å²) in [5, 5.41) is 3.50. The van der Waals surface area contributed by atoms with Gasteiger partial charge in [-0.25, -0.2) is 9.97 Å². The molecule has 1 fully saturated rings. The normalized spacial score (nSPS) is 18.9. The first-order chi connectivity index (χ1) is 10.1. The summed E-state index contributed by atoms with van der Waals surface area (Å²) in [6.45, 7) is 10.2. The van der Waals surface area contributed by atoms with Gasteiger partial charge < -0.3 is 10.1 Å². The number of aryl methyl sites for hydroxylation is 1. The van der Waals surface area contributed by atoms with E-state index in [1.165, 1.54) is 18.4 Å². The van der Waals surface area contributed by atoms with E-state index in [4.69, 9.17) is 9.72 Å². The van der Waals surface area contributed by atoms with Gasteiger partial charge in [0, 0.05) is 30.1 Å². The van der Waals surface area contributed by atoms with E-state index < -0.39 is 0 Å². The van der Waals surface area contributed by atoms with E-state index in [-0.39, 0.29) is 5.60 Å². The molecule has 1 N–H and O–H groups in total. The van der Waals surface area contributed by atoms with Crippen LogP contribution in [0.1, 0.15) is 76.0 Å². The van der Waals surface area contributed by atoms with Gasteiger partial charge in [0.1, 0.15) is 5.60 Å². The third-order valence-electron chi connectivity index (χ3n) is 4.42. The number of ether oxygens (including phenoxy) is 1. The highest BCUT2D eigenvalue weighted by atomic mass is 16.5. The lowest BCUT2D eigenvalue weighted by molar-refractivity contribution is -0.0458. The largest absolute Gasteiger partial charge is 0.367 e. The standard InChI is InChI=1S/C17H29N3O/c1-5-11-18-13(3)15-12-19-16(20-14(15)4)17(21-6-2)9-7-8-10-17/h12-13,18H,5-11H2,1-4H3. The molecule has 1 unspecified atom stereocenters. The Morgan fingerprint density at radius 1 is 1.33 bits per heavy atom. The SMILES string of the molecule is CCCNC(C)c1cnc(C2(OCC)CCCC2)nc1C. The van der Waals surface area contributed by atoms with Crippen molar-refractivity contribution in [1.29, 1.82) is 0 Å². The Balaban J connectivity index is 2.21.